The number of hydrogen-bond donors (Lipinski definition) is 2. The number of carbonyl (C=O) groups excluding carboxylic acids is 2. The number of amides is 2. The van der Waals surface area contributed by atoms with Gasteiger partial charge in [-0.25, -0.2) is 9.40 Å². The van der Waals surface area contributed by atoms with E-state index in [1.165, 1.54) is 30.3 Å². The van der Waals surface area contributed by atoms with Crippen LogP contribution in [0.2, 0.25) is 5.02 Å². The summed E-state index contributed by atoms with van der Waals surface area (Å²) in [6, 6.07) is 8.14. The molecular formula is C16H9BrClFN2O3. The molecule has 0 atom stereocenters. The van der Waals surface area contributed by atoms with Gasteiger partial charge in [-0.2, -0.15) is 0 Å². The molecule has 2 N–H and O–H groups in total. The third kappa shape index (κ3) is 3.00. The first-order valence-electron chi connectivity index (χ1n) is 6.67. The van der Waals surface area contributed by atoms with E-state index in [4.69, 9.17) is 11.6 Å². The Balaban J connectivity index is 1.98. The number of hydrogen-bond acceptors (Lipinski definition) is 3. The highest BCUT2D eigenvalue weighted by molar-refractivity contribution is 9.10. The summed E-state index contributed by atoms with van der Waals surface area (Å²) in [6.07, 6.45) is 1.35. The lowest BCUT2D eigenvalue weighted by Gasteiger charge is -2.14. The van der Waals surface area contributed by atoms with E-state index in [1.807, 2.05) is 0 Å². The Morgan fingerprint density at radius 3 is 2.67 bits per heavy atom. The topological polar surface area (TPSA) is 69.6 Å². The maximum atomic E-state index is 13.2. The van der Waals surface area contributed by atoms with E-state index >= 15 is 0 Å². The molecule has 0 aliphatic carbocycles. The predicted molar refractivity (Wildman–Crippen MR) is 90.8 cm³/mol. The molecule has 3 rings (SSSR count). The molecular weight excluding hydrogens is 403 g/mol. The van der Waals surface area contributed by atoms with Crippen LogP contribution in [0.4, 0.5) is 10.1 Å². The lowest BCUT2D eigenvalue weighted by molar-refractivity contribution is -0.117. The fourth-order valence-electron chi connectivity index (χ4n) is 2.16. The molecule has 1 heterocycles. The summed E-state index contributed by atoms with van der Waals surface area (Å²) in [5, 5.41) is 10.4. The van der Waals surface area contributed by atoms with Crippen LogP contribution in [0.1, 0.15) is 5.56 Å². The van der Waals surface area contributed by atoms with Crippen LogP contribution in [-0.2, 0) is 9.59 Å². The van der Waals surface area contributed by atoms with Crippen molar-refractivity contribution in [1.82, 2.24) is 5.43 Å². The molecule has 2 aromatic rings. The van der Waals surface area contributed by atoms with Gasteiger partial charge in [0.25, 0.3) is 11.8 Å². The Hall–Kier alpha value is -2.38. The van der Waals surface area contributed by atoms with Crippen molar-refractivity contribution in [2.24, 2.45) is 0 Å². The molecule has 2 amide bonds. The number of halogens is 3. The summed E-state index contributed by atoms with van der Waals surface area (Å²) >= 11 is 8.99. The number of phenols is 1. The van der Waals surface area contributed by atoms with E-state index < -0.39 is 17.6 Å². The highest BCUT2D eigenvalue weighted by atomic mass is 79.9. The van der Waals surface area contributed by atoms with Gasteiger partial charge in [0, 0.05) is 4.47 Å². The van der Waals surface area contributed by atoms with Crippen LogP contribution >= 0.6 is 27.5 Å². The second kappa shape index (κ2) is 6.26. The van der Waals surface area contributed by atoms with Crippen LogP contribution in [0.3, 0.4) is 0 Å². The van der Waals surface area contributed by atoms with Gasteiger partial charge in [-0.1, -0.05) is 27.5 Å². The fourth-order valence-corrected chi connectivity index (χ4v) is 2.70. The third-order valence-electron chi connectivity index (χ3n) is 3.33. The van der Waals surface area contributed by atoms with E-state index in [9.17, 15) is 19.1 Å². The molecule has 0 radical (unpaired) electrons. The predicted octanol–water partition coefficient (Wildman–Crippen LogP) is 3.41. The number of nitrogens with zero attached hydrogens (tertiary/aromatic N) is 1. The van der Waals surface area contributed by atoms with Gasteiger partial charge in [-0.05, 0) is 48.0 Å². The number of phenolic OH excluding ortho intramolecular Hbond substituents is 1. The van der Waals surface area contributed by atoms with E-state index in [-0.39, 0.29) is 22.0 Å². The van der Waals surface area contributed by atoms with Gasteiger partial charge < -0.3 is 5.11 Å². The normalized spacial score (nSPS) is 16.0. The van der Waals surface area contributed by atoms with Crippen LogP contribution in [0.15, 0.2) is 46.4 Å². The Morgan fingerprint density at radius 1 is 1.21 bits per heavy atom. The largest absolute Gasteiger partial charge is 0.508 e. The zero-order chi connectivity index (χ0) is 17.4. The van der Waals surface area contributed by atoms with E-state index in [0.29, 0.717) is 10.0 Å². The Bertz CT molecular complexity index is 901. The number of benzene rings is 2. The monoisotopic (exact) mass is 410 g/mol. The first-order valence-corrected chi connectivity index (χ1v) is 7.84. The van der Waals surface area contributed by atoms with Crippen LogP contribution in [0.25, 0.3) is 6.08 Å². The van der Waals surface area contributed by atoms with E-state index in [0.717, 1.165) is 11.1 Å². The maximum absolute atomic E-state index is 13.2. The summed E-state index contributed by atoms with van der Waals surface area (Å²) in [5.74, 6) is -1.86. The quantitative estimate of drug-likeness (QED) is 0.588. The molecule has 1 aliphatic rings. The molecule has 2 aromatic carbocycles. The summed E-state index contributed by atoms with van der Waals surface area (Å²) in [7, 11) is 0. The second-order valence-electron chi connectivity index (χ2n) is 4.94. The number of carbonyl (C=O) groups is 2. The SMILES string of the molecule is O=C1NN(c2ccc(F)c(Cl)c2)C(=O)/C1=C\c1cc(O)ccc1Br. The second-order valence-corrected chi connectivity index (χ2v) is 6.21. The highest BCUT2D eigenvalue weighted by Gasteiger charge is 2.34. The standard InChI is InChI=1S/C16H9BrClFN2O3/c17-12-3-2-10(22)5-8(12)6-11-15(23)20-21(16(11)24)9-1-4-14(19)13(18)7-9/h1-7,22H,(H,20,23)/b11-6-. The van der Waals surface area contributed by atoms with Gasteiger partial charge >= 0.3 is 0 Å². The number of nitrogens with one attached hydrogen (secondary N) is 1. The Morgan fingerprint density at radius 2 is 1.96 bits per heavy atom. The van der Waals surface area contributed by atoms with Gasteiger partial charge in [0.05, 0.1) is 10.7 Å². The molecule has 0 aromatic heterocycles. The van der Waals surface area contributed by atoms with Gasteiger partial charge in [-0.15, -0.1) is 0 Å². The number of anilines is 1. The first-order chi connectivity index (χ1) is 11.4. The van der Waals surface area contributed by atoms with Crippen molar-refractivity contribution in [3.8, 4) is 5.75 Å². The molecule has 0 spiro atoms. The number of aromatic hydroxyl groups is 1. The summed E-state index contributed by atoms with van der Waals surface area (Å²) in [5.41, 5.74) is 2.96. The van der Waals surface area contributed by atoms with Crippen molar-refractivity contribution in [3.63, 3.8) is 0 Å². The molecule has 1 aliphatic heterocycles. The first kappa shape index (κ1) is 16.5. The number of hydrazine groups is 1. The highest BCUT2D eigenvalue weighted by Crippen LogP contribution is 2.28. The molecule has 8 heteroatoms. The third-order valence-corrected chi connectivity index (χ3v) is 4.34. The molecule has 122 valence electrons. The Kier molecular flexibility index (Phi) is 4.29. The van der Waals surface area contributed by atoms with Crippen molar-refractivity contribution in [3.05, 3.63) is 62.8 Å². The van der Waals surface area contributed by atoms with Crippen molar-refractivity contribution in [2.75, 3.05) is 5.01 Å². The van der Waals surface area contributed by atoms with Crippen LogP contribution in [0, 0.1) is 5.82 Å². The van der Waals surface area contributed by atoms with Crippen LogP contribution < -0.4 is 10.4 Å². The van der Waals surface area contributed by atoms with Crippen molar-refractivity contribution < 1.29 is 19.1 Å². The minimum absolute atomic E-state index is 0.00178. The summed E-state index contributed by atoms with van der Waals surface area (Å²) < 4.78 is 13.9. The van der Waals surface area contributed by atoms with Gasteiger partial charge in [0.1, 0.15) is 17.1 Å². The molecule has 5 nitrogen and oxygen atoms in total. The van der Waals surface area contributed by atoms with Gasteiger partial charge in [-0.3, -0.25) is 15.0 Å². The van der Waals surface area contributed by atoms with E-state index in [2.05, 4.69) is 21.4 Å². The zero-order valence-electron chi connectivity index (χ0n) is 11.9. The molecule has 0 saturated carbocycles. The van der Waals surface area contributed by atoms with Crippen LogP contribution in [0.5, 0.6) is 5.75 Å². The zero-order valence-corrected chi connectivity index (χ0v) is 14.2. The van der Waals surface area contributed by atoms with E-state index in [1.54, 1.807) is 6.07 Å². The number of rotatable bonds is 2. The molecule has 0 unspecified atom stereocenters. The average molecular weight is 412 g/mol. The molecule has 1 saturated heterocycles. The van der Waals surface area contributed by atoms with Crippen molar-refractivity contribution in [2.45, 2.75) is 0 Å². The molecule has 1 fully saturated rings. The smallest absolute Gasteiger partial charge is 0.282 e. The molecule has 24 heavy (non-hydrogen) atoms. The lowest BCUT2D eigenvalue weighted by atomic mass is 10.1. The van der Waals surface area contributed by atoms with Gasteiger partial charge in [0.2, 0.25) is 0 Å². The lowest BCUT2D eigenvalue weighted by Crippen LogP contribution is -2.35. The summed E-state index contributed by atoms with van der Waals surface area (Å²) in [6.45, 7) is 0. The summed E-state index contributed by atoms with van der Waals surface area (Å²) in [4.78, 5) is 24.6. The average Bonchev–Trinajstić information content (AvgIpc) is 2.81. The minimum Gasteiger partial charge on any atom is -0.508 e. The van der Waals surface area contributed by atoms with Crippen molar-refractivity contribution >= 4 is 51.1 Å². The molecule has 0 bridgehead atoms. The fraction of sp³-hybridized carbons (Fsp3) is 0. The van der Waals surface area contributed by atoms with Gasteiger partial charge in [0.15, 0.2) is 0 Å². The Labute approximate surface area is 149 Å². The minimum atomic E-state index is -0.627. The maximum Gasteiger partial charge on any atom is 0.282 e. The van der Waals surface area contributed by atoms with Crippen LogP contribution in [-0.4, -0.2) is 16.9 Å². The van der Waals surface area contributed by atoms with Crippen molar-refractivity contribution in [1.29, 1.82) is 0 Å².